The van der Waals surface area contributed by atoms with Crippen LogP contribution >= 0.6 is 0 Å². The Morgan fingerprint density at radius 1 is 1.33 bits per heavy atom. The Bertz CT molecular complexity index is 431. The first-order valence-electron chi connectivity index (χ1n) is 7.14. The summed E-state index contributed by atoms with van der Waals surface area (Å²) < 4.78 is 38.6. The third-order valence-electron chi connectivity index (χ3n) is 3.31. The standard InChI is InChI=1S/C14H24F3N3O/c1-11(2)19-13(3,10-21)6-4-5-7-20-9-12(8-18-20)14(15,16)17/h8-9,11,19,21H,4-7,10H2,1-3H3. The summed E-state index contributed by atoms with van der Waals surface area (Å²) in [6.45, 7) is 6.44. The monoisotopic (exact) mass is 307 g/mol. The second-order valence-corrected chi connectivity index (χ2v) is 5.96. The van der Waals surface area contributed by atoms with Gasteiger partial charge in [0.15, 0.2) is 0 Å². The molecular formula is C14H24F3N3O. The first-order chi connectivity index (χ1) is 9.66. The Labute approximate surface area is 123 Å². The summed E-state index contributed by atoms with van der Waals surface area (Å²) in [5.74, 6) is 0. The number of rotatable bonds is 8. The smallest absolute Gasteiger partial charge is 0.394 e. The third-order valence-corrected chi connectivity index (χ3v) is 3.31. The number of halogens is 3. The number of alkyl halides is 3. The highest BCUT2D eigenvalue weighted by molar-refractivity contribution is 5.08. The van der Waals surface area contributed by atoms with Crippen LogP contribution in [-0.2, 0) is 12.7 Å². The lowest BCUT2D eigenvalue weighted by atomic mass is 9.95. The van der Waals surface area contributed by atoms with Crippen molar-refractivity contribution in [2.45, 2.75) is 64.3 Å². The Morgan fingerprint density at radius 3 is 2.48 bits per heavy atom. The zero-order valence-electron chi connectivity index (χ0n) is 12.7. The number of aliphatic hydroxyl groups is 1. The van der Waals surface area contributed by atoms with Crippen LogP contribution in [0.5, 0.6) is 0 Å². The van der Waals surface area contributed by atoms with Crippen LogP contribution in [0, 0.1) is 0 Å². The van der Waals surface area contributed by atoms with E-state index < -0.39 is 11.7 Å². The topological polar surface area (TPSA) is 50.1 Å². The maximum absolute atomic E-state index is 12.4. The third kappa shape index (κ3) is 6.05. The molecule has 0 saturated heterocycles. The van der Waals surface area contributed by atoms with Crippen molar-refractivity contribution in [3.8, 4) is 0 Å². The van der Waals surface area contributed by atoms with Crippen LogP contribution in [0.3, 0.4) is 0 Å². The molecule has 2 N–H and O–H groups in total. The number of unbranched alkanes of at least 4 members (excludes halogenated alkanes) is 1. The summed E-state index contributed by atoms with van der Waals surface area (Å²) in [6.07, 6.45) is -0.188. The van der Waals surface area contributed by atoms with Gasteiger partial charge in [-0.3, -0.25) is 4.68 Å². The van der Waals surface area contributed by atoms with Crippen molar-refractivity contribution >= 4 is 0 Å². The van der Waals surface area contributed by atoms with E-state index in [1.54, 1.807) is 0 Å². The Morgan fingerprint density at radius 2 is 2.00 bits per heavy atom. The fourth-order valence-electron chi connectivity index (χ4n) is 2.32. The molecule has 1 aromatic rings. The van der Waals surface area contributed by atoms with Crippen molar-refractivity contribution < 1.29 is 18.3 Å². The molecule has 1 rings (SSSR count). The van der Waals surface area contributed by atoms with Gasteiger partial charge >= 0.3 is 6.18 Å². The summed E-state index contributed by atoms with van der Waals surface area (Å²) in [4.78, 5) is 0. The highest BCUT2D eigenvalue weighted by atomic mass is 19.4. The van der Waals surface area contributed by atoms with Crippen molar-refractivity contribution in [1.29, 1.82) is 0 Å². The number of aromatic nitrogens is 2. The minimum absolute atomic E-state index is 0.0329. The fraction of sp³-hybridized carbons (Fsp3) is 0.786. The van der Waals surface area contributed by atoms with Crippen LogP contribution in [0.25, 0.3) is 0 Å². The molecule has 0 radical (unpaired) electrons. The number of hydrogen-bond donors (Lipinski definition) is 2. The summed E-state index contributed by atoms with van der Waals surface area (Å²) >= 11 is 0. The van der Waals surface area contributed by atoms with Crippen LogP contribution in [0.15, 0.2) is 12.4 Å². The molecule has 0 amide bonds. The molecule has 7 heteroatoms. The first kappa shape index (κ1) is 18.0. The van der Waals surface area contributed by atoms with Gasteiger partial charge in [-0.1, -0.05) is 13.8 Å². The largest absolute Gasteiger partial charge is 0.419 e. The molecule has 21 heavy (non-hydrogen) atoms. The van der Waals surface area contributed by atoms with Gasteiger partial charge in [0.25, 0.3) is 0 Å². The number of nitrogens with one attached hydrogen (secondary N) is 1. The van der Waals surface area contributed by atoms with E-state index in [1.807, 2.05) is 20.8 Å². The highest BCUT2D eigenvalue weighted by Crippen LogP contribution is 2.28. The van der Waals surface area contributed by atoms with Gasteiger partial charge in [-0.05, 0) is 26.2 Å². The maximum atomic E-state index is 12.4. The number of aryl methyl sites for hydroxylation is 1. The van der Waals surface area contributed by atoms with Crippen molar-refractivity contribution in [2.24, 2.45) is 0 Å². The Hall–Kier alpha value is -1.08. The second-order valence-electron chi connectivity index (χ2n) is 5.96. The van der Waals surface area contributed by atoms with Gasteiger partial charge in [0.05, 0.1) is 18.4 Å². The lowest BCUT2D eigenvalue weighted by Gasteiger charge is -2.31. The van der Waals surface area contributed by atoms with Gasteiger partial charge in [0.2, 0.25) is 0 Å². The predicted octanol–water partition coefficient (Wildman–Crippen LogP) is 2.82. The molecule has 0 aliphatic carbocycles. The average molecular weight is 307 g/mol. The minimum atomic E-state index is -4.34. The van der Waals surface area contributed by atoms with Crippen LogP contribution in [-0.4, -0.2) is 33.1 Å². The molecule has 0 aliphatic rings. The van der Waals surface area contributed by atoms with Gasteiger partial charge < -0.3 is 10.4 Å². The molecule has 1 atom stereocenters. The van der Waals surface area contributed by atoms with Gasteiger partial charge in [-0.2, -0.15) is 18.3 Å². The summed E-state index contributed by atoms with van der Waals surface area (Å²) in [7, 11) is 0. The molecule has 4 nitrogen and oxygen atoms in total. The van der Waals surface area contributed by atoms with Gasteiger partial charge in [-0.15, -0.1) is 0 Å². The quantitative estimate of drug-likeness (QED) is 0.726. The molecular weight excluding hydrogens is 283 g/mol. The van der Waals surface area contributed by atoms with Gasteiger partial charge in [0, 0.05) is 24.3 Å². The van der Waals surface area contributed by atoms with Gasteiger partial charge in [0.1, 0.15) is 0 Å². The number of aliphatic hydroxyl groups excluding tert-OH is 1. The minimum Gasteiger partial charge on any atom is -0.394 e. The van der Waals surface area contributed by atoms with E-state index in [1.165, 1.54) is 4.68 Å². The fourth-order valence-corrected chi connectivity index (χ4v) is 2.32. The van der Waals surface area contributed by atoms with E-state index in [-0.39, 0.29) is 18.2 Å². The van der Waals surface area contributed by atoms with Crippen molar-refractivity contribution in [1.82, 2.24) is 15.1 Å². The molecule has 0 spiro atoms. The van der Waals surface area contributed by atoms with Crippen LogP contribution in [0.4, 0.5) is 13.2 Å². The second kappa shape index (κ2) is 7.26. The molecule has 0 aliphatic heterocycles. The van der Waals surface area contributed by atoms with Crippen LogP contribution < -0.4 is 5.32 Å². The molecule has 122 valence electrons. The summed E-state index contributed by atoms with van der Waals surface area (Å²) in [6, 6.07) is 0.266. The van der Waals surface area contributed by atoms with E-state index in [0.717, 1.165) is 25.2 Å². The average Bonchev–Trinajstić information content (AvgIpc) is 2.82. The van der Waals surface area contributed by atoms with E-state index in [9.17, 15) is 18.3 Å². The number of hydrogen-bond acceptors (Lipinski definition) is 3. The normalized spacial score (nSPS) is 15.4. The predicted molar refractivity (Wildman–Crippen MR) is 74.8 cm³/mol. The highest BCUT2D eigenvalue weighted by Gasteiger charge is 2.32. The van der Waals surface area contributed by atoms with E-state index in [2.05, 4.69) is 10.4 Å². The van der Waals surface area contributed by atoms with Gasteiger partial charge in [-0.25, -0.2) is 0 Å². The van der Waals surface area contributed by atoms with E-state index in [0.29, 0.717) is 13.0 Å². The number of nitrogens with zero attached hydrogens (tertiary/aromatic N) is 2. The molecule has 0 fully saturated rings. The molecule has 1 aromatic heterocycles. The molecule has 0 aromatic carbocycles. The maximum Gasteiger partial charge on any atom is 0.419 e. The first-order valence-corrected chi connectivity index (χ1v) is 7.14. The van der Waals surface area contributed by atoms with Crippen molar-refractivity contribution in [3.05, 3.63) is 18.0 Å². The lowest BCUT2D eigenvalue weighted by Crippen LogP contribution is -2.49. The summed E-state index contributed by atoms with van der Waals surface area (Å²) in [5, 5.41) is 16.5. The molecule has 1 unspecified atom stereocenters. The van der Waals surface area contributed by atoms with Crippen LogP contribution in [0.1, 0.15) is 45.6 Å². The van der Waals surface area contributed by atoms with E-state index in [4.69, 9.17) is 0 Å². The molecule has 1 heterocycles. The SMILES string of the molecule is CC(C)NC(C)(CO)CCCCn1cc(C(F)(F)F)cn1. The zero-order chi connectivity index (χ0) is 16.1. The Kier molecular flexibility index (Phi) is 6.22. The zero-order valence-corrected chi connectivity index (χ0v) is 12.7. The van der Waals surface area contributed by atoms with Crippen molar-refractivity contribution in [2.75, 3.05) is 6.61 Å². The van der Waals surface area contributed by atoms with Crippen LogP contribution in [0.2, 0.25) is 0 Å². The molecule has 0 saturated carbocycles. The summed E-state index contributed by atoms with van der Waals surface area (Å²) in [5.41, 5.74) is -1.07. The molecule has 0 bridgehead atoms. The Balaban J connectivity index is 2.38. The van der Waals surface area contributed by atoms with Crippen molar-refractivity contribution in [3.63, 3.8) is 0 Å². The van der Waals surface area contributed by atoms with E-state index >= 15 is 0 Å². The lowest BCUT2D eigenvalue weighted by molar-refractivity contribution is -0.137.